The molecule has 0 spiro atoms. The van der Waals surface area contributed by atoms with Gasteiger partial charge in [0, 0.05) is 25.1 Å². The lowest BCUT2D eigenvalue weighted by Gasteiger charge is -2.34. The van der Waals surface area contributed by atoms with Gasteiger partial charge in [0.2, 0.25) is 21.8 Å². The number of nitrogens with one attached hydrogen (secondary N) is 1. The highest BCUT2D eigenvalue weighted by molar-refractivity contribution is 7.92. The Balaban J connectivity index is 2.06. The average Bonchev–Trinajstić information content (AvgIpc) is 2.93. The van der Waals surface area contributed by atoms with E-state index in [0.717, 1.165) is 33.7 Å². The standard InChI is InChI=1S/C31H39N3O5S/c1-6-24(3)32-31(36)29(19-25-13-8-7-9-14-25)33(21-26-15-10-12-23(2)18-26)30(35)22-34(40(5,37)38)27-16-11-17-28(20-27)39-4/h7-18,20,24,29H,6,19,21-22H2,1-5H3,(H,32,36)/t24-,29-/m0/s1. The number of rotatable bonds is 13. The summed E-state index contributed by atoms with van der Waals surface area (Å²) in [5.41, 5.74) is 3.05. The molecule has 1 N–H and O–H groups in total. The molecule has 0 saturated carbocycles. The highest BCUT2D eigenvalue weighted by atomic mass is 32.2. The molecule has 0 radical (unpaired) electrons. The van der Waals surface area contributed by atoms with Gasteiger partial charge >= 0.3 is 0 Å². The largest absolute Gasteiger partial charge is 0.497 e. The first-order valence-corrected chi connectivity index (χ1v) is 15.2. The smallest absolute Gasteiger partial charge is 0.244 e. The fraction of sp³-hybridized carbons (Fsp3) is 0.355. The summed E-state index contributed by atoms with van der Waals surface area (Å²) >= 11 is 0. The zero-order valence-electron chi connectivity index (χ0n) is 23.8. The van der Waals surface area contributed by atoms with Crippen LogP contribution in [0.25, 0.3) is 0 Å². The number of carbonyl (C=O) groups is 2. The number of ether oxygens (including phenoxy) is 1. The number of hydrogen-bond acceptors (Lipinski definition) is 5. The summed E-state index contributed by atoms with van der Waals surface area (Å²) in [7, 11) is -2.36. The van der Waals surface area contributed by atoms with Gasteiger partial charge in [0.15, 0.2) is 0 Å². The third-order valence-corrected chi connectivity index (χ3v) is 7.87. The lowest BCUT2D eigenvalue weighted by Crippen LogP contribution is -2.54. The summed E-state index contributed by atoms with van der Waals surface area (Å²) < 4.78 is 32.1. The molecule has 40 heavy (non-hydrogen) atoms. The Morgan fingerprint density at radius 2 is 1.62 bits per heavy atom. The lowest BCUT2D eigenvalue weighted by molar-refractivity contribution is -0.140. The maximum atomic E-state index is 14.1. The summed E-state index contributed by atoms with van der Waals surface area (Å²) in [6.07, 6.45) is 2.06. The molecule has 0 bridgehead atoms. The molecule has 0 aliphatic rings. The van der Waals surface area contributed by atoms with E-state index in [-0.39, 0.29) is 24.9 Å². The van der Waals surface area contributed by atoms with E-state index in [1.54, 1.807) is 24.3 Å². The Hall–Kier alpha value is -3.85. The number of nitrogens with zero attached hydrogens (tertiary/aromatic N) is 2. The van der Waals surface area contributed by atoms with Crippen molar-refractivity contribution in [3.05, 3.63) is 95.6 Å². The maximum Gasteiger partial charge on any atom is 0.244 e. The van der Waals surface area contributed by atoms with Crippen molar-refractivity contribution in [3.63, 3.8) is 0 Å². The van der Waals surface area contributed by atoms with Crippen LogP contribution in [0, 0.1) is 6.92 Å². The molecule has 214 valence electrons. The normalized spacial score (nSPS) is 12.7. The highest BCUT2D eigenvalue weighted by Gasteiger charge is 2.33. The molecule has 3 aromatic rings. The molecule has 8 nitrogen and oxygen atoms in total. The molecule has 3 aromatic carbocycles. The SMILES string of the molecule is CC[C@H](C)NC(=O)[C@H](Cc1ccccc1)N(Cc1cccc(C)c1)C(=O)CN(c1cccc(OC)c1)S(C)(=O)=O. The lowest BCUT2D eigenvalue weighted by atomic mass is 10.0. The highest BCUT2D eigenvalue weighted by Crippen LogP contribution is 2.24. The van der Waals surface area contributed by atoms with E-state index in [4.69, 9.17) is 4.74 Å². The molecular weight excluding hydrogens is 526 g/mol. The summed E-state index contributed by atoms with van der Waals surface area (Å²) in [6.45, 7) is 5.52. The Labute approximate surface area is 238 Å². The monoisotopic (exact) mass is 565 g/mol. The van der Waals surface area contributed by atoms with Crippen LogP contribution in [0.4, 0.5) is 5.69 Å². The van der Waals surface area contributed by atoms with E-state index in [1.165, 1.54) is 12.0 Å². The van der Waals surface area contributed by atoms with Gasteiger partial charge in [0.1, 0.15) is 18.3 Å². The quantitative estimate of drug-likeness (QED) is 0.333. The van der Waals surface area contributed by atoms with Crippen molar-refractivity contribution < 1.29 is 22.7 Å². The third-order valence-electron chi connectivity index (χ3n) is 6.73. The zero-order chi connectivity index (χ0) is 29.3. The van der Waals surface area contributed by atoms with Crippen molar-refractivity contribution in [1.29, 1.82) is 0 Å². The van der Waals surface area contributed by atoms with Crippen LogP contribution in [0.15, 0.2) is 78.9 Å². The number of benzene rings is 3. The van der Waals surface area contributed by atoms with Crippen molar-refractivity contribution in [3.8, 4) is 5.75 Å². The van der Waals surface area contributed by atoms with E-state index in [0.29, 0.717) is 11.4 Å². The third kappa shape index (κ3) is 8.58. The number of anilines is 1. The predicted octanol–water partition coefficient (Wildman–Crippen LogP) is 4.32. The van der Waals surface area contributed by atoms with Crippen LogP contribution in [0.1, 0.15) is 37.0 Å². The molecule has 0 saturated heterocycles. The number of methoxy groups -OCH3 is 1. The zero-order valence-corrected chi connectivity index (χ0v) is 24.6. The Kier molecular flexibility index (Phi) is 10.7. The van der Waals surface area contributed by atoms with E-state index < -0.39 is 28.5 Å². The summed E-state index contributed by atoms with van der Waals surface area (Å²) in [4.78, 5) is 29.3. The molecule has 0 heterocycles. The minimum absolute atomic E-state index is 0.0917. The molecule has 2 amide bonds. The van der Waals surface area contributed by atoms with Gasteiger partial charge in [0.05, 0.1) is 19.1 Å². The van der Waals surface area contributed by atoms with Gasteiger partial charge < -0.3 is 15.0 Å². The fourth-order valence-electron chi connectivity index (χ4n) is 4.38. The van der Waals surface area contributed by atoms with Crippen molar-refractivity contribution in [1.82, 2.24) is 10.2 Å². The number of carbonyl (C=O) groups excluding carboxylic acids is 2. The number of hydrogen-bond donors (Lipinski definition) is 1. The van der Waals surface area contributed by atoms with Crippen LogP contribution >= 0.6 is 0 Å². The first-order chi connectivity index (χ1) is 19.0. The maximum absolute atomic E-state index is 14.1. The summed E-state index contributed by atoms with van der Waals surface area (Å²) in [6, 6.07) is 22.8. The Bertz CT molecular complexity index is 1390. The van der Waals surface area contributed by atoms with Crippen LogP contribution in [0.2, 0.25) is 0 Å². The summed E-state index contributed by atoms with van der Waals surface area (Å²) in [5.74, 6) is -0.313. The van der Waals surface area contributed by atoms with Crippen LogP contribution in [0.3, 0.4) is 0 Å². The van der Waals surface area contributed by atoms with E-state index in [2.05, 4.69) is 5.32 Å². The average molecular weight is 566 g/mol. The predicted molar refractivity (Wildman–Crippen MR) is 159 cm³/mol. The van der Waals surface area contributed by atoms with Crippen molar-refractivity contribution in [2.75, 3.05) is 24.2 Å². The second-order valence-electron chi connectivity index (χ2n) is 10.0. The molecule has 3 rings (SSSR count). The summed E-state index contributed by atoms with van der Waals surface area (Å²) in [5, 5.41) is 3.03. The first kappa shape index (κ1) is 30.7. The van der Waals surface area contributed by atoms with Gasteiger partial charge in [0.25, 0.3) is 0 Å². The fourth-order valence-corrected chi connectivity index (χ4v) is 5.22. The van der Waals surface area contributed by atoms with Crippen LogP contribution < -0.4 is 14.4 Å². The Morgan fingerprint density at radius 1 is 0.950 bits per heavy atom. The Morgan fingerprint density at radius 3 is 2.25 bits per heavy atom. The minimum Gasteiger partial charge on any atom is -0.497 e. The van der Waals surface area contributed by atoms with Crippen molar-refractivity contribution in [2.45, 2.75) is 52.2 Å². The van der Waals surface area contributed by atoms with Crippen molar-refractivity contribution >= 4 is 27.5 Å². The van der Waals surface area contributed by atoms with Gasteiger partial charge in [-0.05, 0) is 43.5 Å². The van der Waals surface area contributed by atoms with Gasteiger partial charge in [-0.2, -0.15) is 0 Å². The second-order valence-corrected chi connectivity index (χ2v) is 11.9. The molecule has 0 aliphatic carbocycles. The van der Waals surface area contributed by atoms with E-state index in [1.807, 2.05) is 75.4 Å². The van der Waals surface area contributed by atoms with Crippen LogP contribution in [0.5, 0.6) is 5.75 Å². The van der Waals surface area contributed by atoms with Gasteiger partial charge in [-0.1, -0.05) is 73.2 Å². The molecule has 0 fully saturated rings. The van der Waals surface area contributed by atoms with E-state index >= 15 is 0 Å². The molecule has 0 aliphatic heterocycles. The topological polar surface area (TPSA) is 96.0 Å². The number of amides is 2. The number of sulfonamides is 1. The van der Waals surface area contributed by atoms with Gasteiger partial charge in [-0.25, -0.2) is 8.42 Å². The molecule has 0 aromatic heterocycles. The first-order valence-electron chi connectivity index (χ1n) is 13.3. The minimum atomic E-state index is -3.85. The van der Waals surface area contributed by atoms with Gasteiger partial charge in [-0.15, -0.1) is 0 Å². The van der Waals surface area contributed by atoms with Crippen molar-refractivity contribution in [2.24, 2.45) is 0 Å². The molecule has 9 heteroatoms. The second kappa shape index (κ2) is 14.0. The van der Waals surface area contributed by atoms with Gasteiger partial charge in [-0.3, -0.25) is 13.9 Å². The molecule has 2 atom stereocenters. The molecule has 0 unspecified atom stereocenters. The van der Waals surface area contributed by atoms with Crippen LogP contribution in [-0.4, -0.2) is 57.1 Å². The molecular formula is C31H39N3O5S. The van der Waals surface area contributed by atoms with E-state index in [9.17, 15) is 18.0 Å². The van der Waals surface area contributed by atoms with Crippen LogP contribution in [-0.2, 0) is 32.6 Å². The number of aryl methyl sites for hydroxylation is 1.